The molecule has 0 aliphatic heterocycles. The van der Waals surface area contributed by atoms with Crippen molar-refractivity contribution >= 4 is 34.9 Å². The summed E-state index contributed by atoms with van der Waals surface area (Å²) in [6.07, 6.45) is 0. The highest BCUT2D eigenvalue weighted by atomic mass is 35.5. The van der Waals surface area contributed by atoms with Gasteiger partial charge >= 0.3 is 5.97 Å². The van der Waals surface area contributed by atoms with E-state index in [0.717, 1.165) is 18.2 Å². The third kappa shape index (κ3) is 4.26. The molecule has 0 atom stereocenters. The van der Waals surface area contributed by atoms with E-state index in [1.807, 2.05) is 0 Å². The number of nitro groups is 1. The Balaban J connectivity index is 1.99. The fraction of sp³-hybridized carbons (Fsp3) is 0.0667. The monoisotopic (exact) mass is 352 g/mol. The predicted octanol–water partition coefficient (Wildman–Crippen LogP) is 3.18. The van der Waals surface area contributed by atoms with Crippen LogP contribution in [0.5, 0.6) is 0 Å². The van der Waals surface area contributed by atoms with Gasteiger partial charge in [0.05, 0.1) is 21.2 Å². The molecule has 0 unspecified atom stereocenters. The van der Waals surface area contributed by atoms with Gasteiger partial charge in [0.25, 0.3) is 11.6 Å². The molecule has 0 saturated heterocycles. The minimum atomic E-state index is -0.855. The van der Waals surface area contributed by atoms with Crippen molar-refractivity contribution in [2.75, 3.05) is 11.9 Å². The van der Waals surface area contributed by atoms with Crippen molar-refractivity contribution in [3.63, 3.8) is 0 Å². The van der Waals surface area contributed by atoms with Gasteiger partial charge in [-0.2, -0.15) is 0 Å². The van der Waals surface area contributed by atoms with Crippen LogP contribution in [0.25, 0.3) is 0 Å². The maximum absolute atomic E-state index is 13.5. The number of non-ortho nitro benzene ring substituents is 1. The second kappa shape index (κ2) is 7.51. The summed E-state index contributed by atoms with van der Waals surface area (Å²) in [5.41, 5.74) is -0.698. The molecule has 7 nitrogen and oxygen atoms in total. The first kappa shape index (κ1) is 17.4. The third-order valence-corrected chi connectivity index (χ3v) is 3.19. The summed E-state index contributed by atoms with van der Waals surface area (Å²) in [6.45, 7) is -0.702. The van der Waals surface area contributed by atoms with Gasteiger partial charge in [0, 0.05) is 12.1 Å². The van der Waals surface area contributed by atoms with Gasteiger partial charge in [-0.25, -0.2) is 9.18 Å². The number of nitrogens with one attached hydrogen (secondary N) is 1. The fourth-order valence-corrected chi connectivity index (χ4v) is 1.96. The summed E-state index contributed by atoms with van der Waals surface area (Å²) >= 11 is 5.82. The summed E-state index contributed by atoms with van der Waals surface area (Å²) in [6, 6.07) is 8.77. The van der Waals surface area contributed by atoms with E-state index in [1.165, 1.54) is 12.1 Å². The normalized spacial score (nSPS) is 10.1. The first-order valence-corrected chi connectivity index (χ1v) is 6.91. The smallest absolute Gasteiger partial charge is 0.340 e. The number of rotatable bonds is 5. The fourth-order valence-electron chi connectivity index (χ4n) is 1.74. The molecule has 0 bridgehead atoms. The van der Waals surface area contributed by atoms with Crippen LogP contribution >= 0.6 is 11.6 Å². The average Bonchev–Trinajstić information content (AvgIpc) is 2.55. The number of ether oxygens (including phenoxy) is 1. The van der Waals surface area contributed by atoms with Crippen LogP contribution in [0.15, 0.2) is 42.5 Å². The first-order chi connectivity index (χ1) is 11.4. The molecule has 0 aromatic heterocycles. The zero-order valence-electron chi connectivity index (χ0n) is 12.0. The van der Waals surface area contributed by atoms with Crippen LogP contribution in [0.3, 0.4) is 0 Å². The van der Waals surface area contributed by atoms with Crippen molar-refractivity contribution in [3.8, 4) is 0 Å². The second-order valence-corrected chi connectivity index (χ2v) is 4.93. The number of amides is 1. The molecule has 1 N–H and O–H groups in total. The molecule has 2 aromatic rings. The number of nitrogens with zero attached hydrogens (tertiary/aromatic N) is 1. The Hall–Kier alpha value is -3.00. The molecule has 9 heteroatoms. The lowest BCUT2D eigenvalue weighted by Gasteiger charge is -2.08. The number of carbonyl (C=O) groups is 2. The molecule has 1 amide bonds. The zero-order valence-corrected chi connectivity index (χ0v) is 12.7. The van der Waals surface area contributed by atoms with Crippen LogP contribution in [0.4, 0.5) is 15.8 Å². The quantitative estimate of drug-likeness (QED) is 0.506. The average molecular weight is 353 g/mol. The molecule has 0 spiro atoms. The van der Waals surface area contributed by atoms with Crippen molar-refractivity contribution in [2.24, 2.45) is 0 Å². The van der Waals surface area contributed by atoms with E-state index in [2.05, 4.69) is 5.32 Å². The topological polar surface area (TPSA) is 98.5 Å². The number of carbonyl (C=O) groups excluding carboxylic acids is 2. The van der Waals surface area contributed by atoms with Gasteiger partial charge in [0.15, 0.2) is 6.61 Å². The van der Waals surface area contributed by atoms with Crippen molar-refractivity contribution in [3.05, 3.63) is 69.0 Å². The maximum Gasteiger partial charge on any atom is 0.340 e. The van der Waals surface area contributed by atoms with Gasteiger partial charge in [0.2, 0.25) is 0 Å². The lowest BCUT2D eigenvalue weighted by molar-refractivity contribution is -0.384. The molecule has 2 rings (SSSR count). The summed E-state index contributed by atoms with van der Waals surface area (Å²) in [5, 5.41) is 12.9. The standard InChI is InChI=1S/C15H10ClFN2O5/c16-11-4-2-1-3-10(11)15(21)24-8-14(20)18-13-7-9(19(22)23)5-6-12(13)17/h1-7H,8H2,(H,18,20). The SMILES string of the molecule is O=C(COC(=O)c1ccccc1Cl)Nc1cc([N+](=O)[O-])ccc1F. The van der Waals surface area contributed by atoms with Crippen LogP contribution in [-0.2, 0) is 9.53 Å². The number of nitro benzene ring substituents is 1. The van der Waals surface area contributed by atoms with Crippen molar-refractivity contribution in [1.82, 2.24) is 0 Å². The summed E-state index contributed by atoms with van der Waals surface area (Å²) in [4.78, 5) is 33.4. The molecule has 0 aliphatic carbocycles. The largest absolute Gasteiger partial charge is 0.452 e. The Labute approximate surface area is 140 Å². The minimum absolute atomic E-state index is 0.0773. The highest BCUT2D eigenvalue weighted by Crippen LogP contribution is 2.21. The van der Waals surface area contributed by atoms with Crippen LogP contribution < -0.4 is 5.32 Å². The Morgan fingerprint density at radius 2 is 1.96 bits per heavy atom. The highest BCUT2D eigenvalue weighted by molar-refractivity contribution is 6.33. The van der Waals surface area contributed by atoms with E-state index >= 15 is 0 Å². The van der Waals surface area contributed by atoms with Gasteiger partial charge in [-0.05, 0) is 18.2 Å². The van der Waals surface area contributed by atoms with E-state index in [-0.39, 0.29) is 22.0 Å². The molecule has 124 valence electrons. The van der Waals surface area contributed by atoms with E-state index in [1.54, 1.807) is 12.1 Å². The van der Waals surface area contributed by atoms with E-state index < -0.39 is 29.2 Å². The van der Waals surface area contributed by atoms with Gasteiger partial charge in [-0.15, -0.1) is 0 Å². The van der Waals surface area contributed by atoms with E-state index in [4.69, 9.17) is 16.3 Å². The zero-order chi connectivity index (χ0) is 17.7. The minimum Gasteiger partial charge on any atom is -0.452 e. The van der Waals surface area contributed by atoms with Crippen LogP contribution in [0.2, 0.25) is 5.02 Å². The van der Waals surface area contributed by atoms with Crippen LogP contribution in [0.1, 0.15) is 10.4 Å². The van der Waals surface area contributed by atoms with Gasteiger partial charge < -0.3 is 10.1 Å². The summed E-state index contributed by atoms with van der Waals surface area (Å²) in [7, 11) is 0. The predicted molar refractivity (Wildman–Crippen MR) is 83.4 cm³/mol. The van der Waals surface area contributed by atoms with Crippen molar-refractivity contribution in [1.29, 1.82) is 0 Å². The molecule has 2 aromatic carbocycles. The molecule has 0 heterocycles. The van der Waals surface area contributed by atoms with Crippen LogP contribution in [-0.4, -0.2) is 23.4 Å². The summed E-state index contributed by atoms with van der Waals surface area (Å²) in [5.74, 6) is -2.53. The first-order valence-electron chi connectivity index (χ1n) is 6.54. The molecular formula is C15H10ClFN2O5. The lowest BCUT2D eigenvalue weighted by atomic mass is 10.2. The molecule has 0 saturated carbocycles. The number of esters is 1. The molecule has 0 fully saturated rings. The maximum atomic E-state index is 13.5. The second-order valence-electron chi connectivity index (χ2n) is 4.53. The Morgan fingerprint density at radius 1 is 1.25 bits per heavy atom. The number of benzene rings is 2. The Kier molecular flexibility index (Phi) is 5.43. The third-order valence-electron chi connectivity index (χ3n) is 2.86. The summed E-state index contributed by atoms with van der Waals surface area (Å²) < 4.78 is 18.3. The van der Waals surface area contributed by atoms with Gasteiger partial charge in [-0.1, -0.05) is 23.7 Å². The Bertz CT molecular complexity index is 812. The van der Waals surface area contributed by atoms with Crippen LogP contribution in [0, 0.1) is 15.9 Å². The number of halogens is 2. The number of hydrogen-bond donors (Lipinski definition) is 1. The number of anilines is 1. The van der Waals surface area contributed by atoms with Gasteiger partial charge in [-0.3, -0.25) is 14.9 Å². The van der Waals surface area contributed by atoms with E-state index in [0.29, 0.717) is 0 Å². The molecule has 24 heavy (non-hydrogen) atoms. The van der Waals surface area contributed by atoms with Crippen molar-refractivity contribution < 1.29 is 23.6 Å². The highest BCUT2D eigenvalue weighted by Gasteiger charge is 2.16. The van der Waals surface area contributed by atoms with Crippen molar-refractivity contribution in [2.45, 2.75) is 0 Å². The molecule has 0 radical (unpaired) electrons. The lowest BCUT2D eigenvalue weighted by Crippen LogP contribution is -2.21. The molecular weight excluding hydrogens is 343 g/mol. The van der Waals surface area contributed by atoms with E-state index in [9.17, 15) is 24.1 Å². The number of hydrogen-bond acceptors (Lipinski definition) is 5. The van der Waals surface area contributed by atoms with Gasteiger partial charge in [0.1, 0.15) is 5.82 Å². The molecule has 0 aliphatic rings. The Morgan fingerprint density at radius 3 is 2.62 bits per heavy atom.